The molecule has 0 saturated carbocycles. The Hall–Kier alpha value is -6.12. The first-order chi connectivity index (χ1) is 24.2. The monoisotopic (exact) mass is 626 g/mol. The fraction of sp³-hybridized carbons (Fsp3) is 0.0638. The van der Waals surface area contributed by atoms with Crippen LogP contribution in [0.4, 0.5) is 0 Å². The molecule has 1 aliphatic rings. The van der Waals surface area contributed by atoms with Crippen LogP contribution in [0.1, 0.15) is 19.2 Å². The molecular weight excluding hydrogens is 593 g/mol. The van der Waals surface area contributed by atoms with Crippen molar-refractivity contribution in [2.75, 3.05) is 0 Å². The SMILES string of the molecule is CC1C=CC=C(c2nc(-c3ccccc3)cc(-c3ccccc3-c3ccc(-c4ccc5c6ccccc6c6ccccc6c5c4)cc3)n2)C1. The summed E-state index contributed by atoms with van der Waals surface area (Å²) in [4.78, 5) is 10.3. The average molecular weight is 627 g/mol. The smallest absolute Gasteiger partial charge is 0.156 e. The lowest BCUT2D eigenvalue weighted by Gasteiger charge is -2.17. The molecule has 7 aromatic carbocycles. The fourth-order valence-electron chi connectivity index (χ4n) is 7.38. The van der Waals surface area contributed by atoms with Gasteiger partial charge in [0.25, 0.3) is 0 Å². The lowest BCUT2D eigenvalue weighted by Crippen LogP contribution is -2.04. The van der Waals surface area contributed by atoms with Gasteiger partial charge < -0.3 is 0 Å². The van der Waals surface area contributed by atoms with Crippen LogP contribution in [0.5, 0.6) is 0 Å². The van der Waals surface area contributed by atoms with Crippen LogP contribution in [0.15, 0.2) is 170 Å². The molecule has 1 aromatic heterocycles. The number of hydrogen-bond acceptors (Lipinski definition) is 2. The molecule has 1 atom stereocenters. The summed E-state index contributed by atoms with van der Waals surface area (Å²) in [6.07, 6.45) is 7.47. The zero-order chi connectivity index (χ0) is 32.7. The van der Waals surface area contributed by atoms with Gasteiger partial charge in [0, 0.05) is 11.1 Å². The molecule has 0 N–H and O–H groups in total. The van der Waals surface area contributed by atoms with Crippen LogP contribution in [-0.4, -0.2) is 9.97 Å². The van der Waals surface area contributed by atoms with Gasteiger partial charge in [0.1, 0.15) is 0 Å². The normalized spacial score (nSPS) is 14.4. The Balaban J connectivity index is 1.13. The van der Waals surface area contributed by atoms with Crippen molar-refractivity contribution in [3.8, 4) is 44.8 Å². The molecule has 232 valence electrons. The van der Waals surface area contributed by atoms with Crippen LogP contribution in [-0.2, 0) is 0 Å². The van der Waals surface area contributed by atoms with Crippen LogP contribution >= 0.6 is 0 Å². The van der Waals surface area contributed by atoms with Gasteiger partial charge >= 0.3 is 0 Å². The maximum atomic E-state index is 5.20. The second-order valence-corrected chi connectivity index (χ2v) is 13.1. The van der Waals surface area contributed by atoms with Gasteiger partial charge in [-0.2, -0.15) is 0 Å². The first kappa shape index (κ1) is 29.1. The van der Waals surface area contributed by atoms with E-state index in [0.29, 0.717) is 5.92 Å². The summed E-state index contributed by atoms with van der Waals surface area (Å²) >= 11 is 0. The van der Waals surface area contributed by atoms with Gasteiger partial charge in [-0.15, -0.1) is 0 Å². The van der Waals surface area contributed by atoms with E-state index in [1.165, 1.54) is 49.0 Å². The number of benzene rings is 7. The van der Waals surface area contributed by atoms with E-state index in [1.54, 1.807) is 0 Å². The topological polar surface area (TPSA) is 25.8 Å². The van der Waals surface area contributed by atoms with E-state index in [0.717, 1.165) is 45.9 Å². The number of fused-ring (bicyclic) bond motifs is 6. The quantitative estimate of drug-likeness (QED) is 0.178. The summed E-state index contributed by atoms with van der Waals surface area (Å²) < 4.78 is 0. The molecule has 0 saturated heterocycles. The third-order valence-corrected chi connectivity index (χ3v) is 9.84. The van der Waals surface area contributed by atoms with Crippen molar-refractivity contribution in [1.29, 1.82) is 0 Å². The highest BCUT2D eigenvalue weighted by Gasteiger charge is 2.17. The van der Waals surface area contributed by atoms with Crippen LogP contribution in [0.25, 0.3) is 82.7 Å². The van der Waals surface area contributed by atoms with Gasteiger partial charge in [0.2, 0.25) is 0 Å². The number of allylic oxidation sites excluding steroid dienone is 4. The van der Waals surface area contributed by atoms with Gasteiger partial charge in [-0.25, -0.2) is 9.97 Å². The lowest BCUT2D eigenvalue weighted by atomic mass is 9.91. The molecule has 8 aromatic rings. The van der Waals surface area contributed by atoms with Gasteiger partial charge in [0.15, 0.2) is 5.82 Å². The summed E-state index contributed by atoms with van der Waals surface area (Å²) in [6, 6.07) is 54.5. The van der Waals surface area contributed by atoms with Crippen LogP contribution in [0.3, 0.4) is 0 Å². The predicted molar refractivity (Wildman–Crippen MR) is 207 cm³/mol. The van der Waals surface area contributed by atoms with Gasteiger partial charge in [-0.3, -0.25) is 0 Å². The molecule has 0 radical (unpaired) electrons. The average Bonchev–Trinajstić information content (AvgIpc) is 3.18. The third-order valence-electron chi connectivity index (χ3n) is 9.84. The Bertz CT molecular complexity index is 2540. The largest absolute Gasteiger partial charge is 0.228 e. The second-order valence-electron chi connectivity index (χ2n) is 13.1. The summed E-state index contributed by atoms with van der Waals surface area (Å²) in [5.74, 6) is 1.26. The van der Waals surface area contributed by atoms with Crippen molar-refractivity contribution < 1.29 is 0 Å². The number of nitrogens with zero attached hydrogens (tertiary/aromatic N) is 2. The van der Waals surface area contributed by atoms with Gasteiger partial charge in [0.05, 0.1) is 11.4 Å². The van der Waals surface area contributed by atoms with Crippen LogP contribution < -0.4 is 0 Å². The minimum Gasteiger partial charge on any atom is -0.228 e. The van der Waals surface area contributed by atoms with Crippen molar-refractivity contribution in [3.63, 3.8) is 0 Å². The Labute approximate surface area is 286 Å². The Kier molecular flexibility index (Phi) is 7.21. The highest BCUT2D eigenvalue weighted by molar-refractivity contribution is 6.25. The zero-order valence-corrected chi connectivity index (χ0v) is 27.3. The fourth-order valence-corrected chi connectivity index (χ4v) is 7.38. The number of aromatic nitrogens is 2. The first-order valence-electron chi connectivity index (χ1n) is 17.1. The van der Waals surface area contributed by atoms with E-state index in [2.05, 4.69) is 171 Å². The van der Waals surface area contributed by atoms with Crippen LogP contribution in [0, 0.1) is 5.92 Å². The minimum absolute atomic E-state index is 0.457. The van der Waals surface area contributed by atoms with Crippen LogP contribution in [0.2, 0.25) is 0 Å². The first-order valence-corrected chi connectivity index (χ1v) is 17.1. The van der Waals surface area contributed by atoms with E-state index >= 15 is 0 Å². The molecule has 0 amide bonds. The Morgan fingerprint density at radius 2 is 1.00 bits per heavy atom. The summed E-state index contributed by atoms with van der Waals surface area (Å²) in [7, 11) is 0. The van der Waals surface area contributed by atoms with Crippen molar-refractivity contribution in [2.45, 2.75) is 13.3 Å². The lowest BCUT2D eigenvalue weighted by molar-refractivity contribution is 0.743. The standard InChI is InChI=1S/C47H34N2/c1-31-12-11-15-36(28-31)47-48-45(34-13-3-2-4-14-34)30-46(49-47)43-21-10-5-16-37(43)33-24-22-32(23-25-33)35-26-27-42-40-19-7-6-17-38(40)39-18-8-9-20-41(39)44(42)29-35/h2-27,29-31H,28H2,1H3. The molecule has 2 heteroatoms. The molecule has 0 bridgehead atoms. The molecule has 0 spiro atoms. The minimum atomic E-state index is 0.457. The van der Waals surface area contributed by atoms with Crippen molar-refractivity contribution in [1.82, 2.24) is 9.97 Å². The van der Waals surface area contributed by atoms with Crippen molar-refractivity contribution >= 4 is 37.9 Å². The summed E-state index contributed by atoms with van der Waals surface area (Å²) in [5.41, 5.74) is 9.95. The predicted octanol–water partition coefficient (Wildman–Crippen LogP) is 12.6. The summed E-state index contributed by atoms with van der Waals surface area (Å²) in [6.45, 7) is 2.24. The van der Waals surface area contributed by atoms with Gasteiger partial charge in [-0.1, -0.05) is 165 Å². The van der Waals surface area contributed by atoms with Crippen molar-refractivity contribution in [3.05, 3.63) is 176 Å². The Morgan fingerprint density at radius 3 is 1.69 bits per heavy atom. The molecule has 0 aliphatic heterocycles. The van der Waals surface area contributed by atoms with E-state index in [9.17, 15) is 0 Å². The molecule has 0 fully saturated rings. The molecule has 1 heterocycles. The third kappa shape index (κ3) is 5.32. The second kappa shape index (κ2) is 12.2. The number of rotatable bonds is 5. The molecule has 1 unspecified atom stereocenters. The van der Waals surface area contributed by atoms with Gasteiger partial charge in [-0.05, 0) is 84.6 Å². The molecule has 9 rings (SSSR count). The van der Waals surface area contributed by atoms with E-state index in [1.807, 2.05) is 6.07 Å². The highest BCUT2D eigenvalue weighted by Crippen LogP contribution is 2.39. The summed E-state index contributed by atoms with van der Waals surface area (Å²) in [5, 5.41) is 7.75. The maximum absolute atomic E-state index is 5.20. The van der Waals surface area contributed by atoms with Crippen molar-refractivity contribution in [2.24, 2.45) is 5.92 Å². The zero-order valence-electron chi connectivity index (χ0n) is 27.3. The van der Waals surface area contributed by atoms with E-state index in [-0.39, 0.29) is 0 Å². The molecule has 1 aliphatic carbocycles. The Morgan fingerprint density at radius 1 is 0.449 bits per heavy atom. The molecule has 49 heavy (non-hydrogen) atoms. The highest BCUT2D eigenvalue weighted by atomic mass is 14.9. The van der Waals surface area contributed by atoms with E-state index in [4.69, 9.17) is 9.97 Å². The molecule has 2 nitrogen and oxygen atoms in total. The maximum Gasteiger partial charge on any atom is 0.156 e. The number of hydrogen-bond donors (Lipinski definition) is 0. The van der Waals surface area contributed by atoms with E-state index < -0.39 is 0 Å². The molecular formula is C47H34N2.